The topological polar surface area (TPSA) is 100.0 Å². The number of aromatic carboxylic acids is 1. The molecule has 0 bridgehead atoms. The number of nitrogens with zero attached hydrogens (tertiary/aromatic N) is 2. The second-order valence-electron chi connectivity index (χ2n) is 10.5. The van der Waals surface area contributed by atoms with Crippen LogP contribution in [0.4, 0.5) is 0 Å². The lowest BCUT2D eigenvalue weighted by Gasteiger charge is -2.16. The van der Waals surface area contributed by atoms with Gasteiger partial charge in [0.1, 0.15) is 5.75 Å². The van der Waals surface area contributed by atoms with Gasteiger partial charge in [-0.25, -0.2) is 4.79 Å². The Morgan fingerprint density at radius 2 is 1.73 bits per heavy atom. The summed E-state index contributed by atoms with van der Waals surface area (Å²) in [5.74, 6) is -0.667. The number of carbonyl (C=O) groups is 2. The van der Waals surface area contributed by atoms with Crippen LogP contribution in [0.2, 0.25) is 0 Å². The summed E-state index contributed by atoms with van der Waals surface area (Å²) >= 11 is 0. The molecule has 0 saturated heterocycles. The Hall–Kier alpha value is -3.97. The van der Waals surface area contributed by atoms with Crippen molar-refractivity contribution in [2.45, 2.75) is 57.9 Å². The SMILES string of the molecule is CN(CCCCCOc1ccccc1/C=C/C(CCCCC(=O)O)Cc1ccc(C(=O)O)cc1)Cc1cccnc1. The number of hydrogen-bond donors (Lipinski definition) is 2. The maximum absolute atomic E-state index is 11.2. The number of para-hydroxylation sites is 1. The standard InChI is InChI=1S/C34H42N2O5/c1-36(26-29-11-9-21-35-25-29)22-7-2-8-23-41-32-13-5-4-12-30(32)18-15-27(10-3-6-14-33(37)38)24-28-16-19-31(20-17-28)34(39)40/h4-5,9,11-13,15-21,25,27H,2-3,6-8,10,14,22-24,26H2,1H3,(H,37,38)(H,39,40)/b18-15+. The third kappa shape index (κ3) is 12.4. The highest BCUT2D eigenvalue weighted by Gasteiger charge is 2.10. The maximum Gasteiger partial charge on any atom is 0.335 e. The number of ether oxygens (including phenoxy) is 1. The second-order valence-corrected chi connectivity index (χ2v) is 10.5. The van der Waals surface area contributed by atoms with Gasteiger partial charge in [0, 0.05) is 30.9 Å². The maximum atomic E-state index is 11.2. The minimum Gasteiger partial charge on any atom is -0.493 e. The summed E-state index contributed by atoms with van der Waals surface area (Å²) in [7, 11) is 2.14. The van der Waals surface area contributed by atoms with Crippen LogP contribution in [0.1, 0.15) is 72.0 Å². The van der Waals surface area contributed by atoms with Crippen LogP contribution in [-0.4, -0.2) is 52.2 Å². The summed E-state index contributed by atoms with van der Waals surface area (Å²) in [5, 5.41) is 18.2. The van der Waals surface area contributed by atoms with E-state index in [1.165, 1.54) is 5.56 Å². The van der Waals surface area contributed by atoms with E-state index < -0.39 is 11.9 Å². The van der Waals surface area contributed by atoms with Crippen molar-refractivity contribution in [2.24, 2.45) is 5.92 Å². The molecule has 0 fully saturated rings. The first kappa shape index (κ1) is 31.6. The van der Waals surface area contributed by atoms with Crippen LogP contribution in [-0.2, 0) is 17.8 Å². The number of hydrogen-bond acceptors (Lipinski definition) is 5. The van der Waals surface area contributed by atoms with Gasteiger partial charge in [-0.15, -0.1) is 0 Å². The Labute approximate surface area is 243 Å². The van der Waals surface area contributed by atoms with Crippen LogP contribution in [0, 0.1) is 5.92 Å². The van der Waals surface area contributed by atoms with Gasteiger partial charge in [-0.2, -0.15) is 0 Å². The number of unbranched alkanes of at least 4 members (excludes halogenated alkanes) is 3. The molecule has 0 saturated carbocycles. The number of carboxylic acid groups (broad SMARTS) is 2. The highest BCUT2D eigenvalue weighted by Crippen LogP contribution is 2.24. The van der Waals surface area contributed by atoms with Crippen molar-refractivity contribution >= 4 is 18.0 Å². The number of benzene rings is 2. The van der Waals surface area contributed by atoms with Gasteiger partial charge < -0.3 is 19.8 Å². The lowest BCUT2D eigenvalue weighted by Crippen LogP contribution is -2.19. The molecule has 2 aromatic carbocycles. The van der Waals surface area contributed by atoms with E-state index in [-0.39, 0.29) is 17.9 Å². The number of carboxylic acids is 2. The van der Waals surface area contributed by atoms with E-state index in [4.69, 9.17) is 9.84 Å². The molecular weight excluding hydrogens is 516 g/mol. The van der Waals surface area contributed by atoms with Gasteiger partial charge in [0.2, 0.25) is 0 Å². The minimum atomic E-state index is -0.938. The predicted octanol–water partition coefficient (Wildman–Crippen LogP) is 6.98. The van der Waals surface area contributed by atoms with E-state index in [1.54, 1.807) is 18.3 Å². The molecule has 218 valence electrons. The van der Waals surface area contributed by atoms with Crippen LogP contribution in [0.3, 0.4) is 0 Å². The molecule has 3 rings (SSSR count). The summed E-state index contributed by atoms with van der Waals surface area (Å²) in [6, 6.07) is 19.1. The molecule has 1 unspecified atom stereocenters. The number of allylic oxidation sites excluding steroid dienone is 1. The Kier molecular flexibility index (Phi) is 13.6. The zero-order chi connectivity index (χ0) is 29.3. The van der Waals surface area contributed by atoms with Gasteiger partial charge in [0.05, 0.1) is 12.2 Å². The molecule has 1 heterocycles. The average Bonchev–Trinajstić information content (AvgIpc) is 2.97. The molecule has 3 aromatic rings. The third-order valence-corrected chi connectivity index (χ3v) is 7.00. The van der Waals surface area contributed by atoms with Gasteiger partial charge in [-0.1, -0.05) is 55.0 Å². The normalized spacial score (nSPS) is 12.0. The van der Waals surface area contributed by atoms with Crippen LogP contribution >= 0.6 is 0 Å². The summed E-state index contributed by atoms with van der Waals surface area (Å²) < 4.78 is 6.16. The summed E-state index contributed by atoms with van der Waals surface area (Å²) in [6.07, 6.45) is 14.4. The van der Waals surface area contributed by atoms with Crippen molar-refractivity contribution in [1.82, 2.24) is 9.88 Å². The quantitative estimate of drug-likeness (QED) is 0.153. The molecule has 0 aliphatic rings. The van der Waals surface area contributed by atoms with Crippen LogP contribution in [0.15, 0.2) is 79.1 Å². The minimum absolute atomic E-state index is 0.168. The number of aromatic nitrogens is 1. The number of rotatable bonds is 19. The predicted molar refractivity (Wildman–Crippen MR) is 162 cm³/mol. The van der Waals surface area contributed by atoms with Gasteiger partial charge in [0.15, 0.2) is 0 Å². The third-order valence-electron chi connectivity index (χ3n) is 7.00. The number of aliphatic carboxylic acids is 1. The fourth-order valence-electron chi connectivity index (χ4n) is 4.75. The zero-order valence-electron chi connectivity index (χ0n) is 24.0. The summed E-state index contributed by atoms with van der Waals surface area (Å²) in [5.41, 5.74) is 3.56. The Morgan fingerprint density at radius 1 is 0.927 bits per heavy atom. The van der Waals surface area contributed by atoms with Gasteiger partial charge in [0.25, 0.3) is 0 Å². The van der Waals surface area contributed by atoms with E-state index in [1.807, 2.05) is 48.7 Å². The fraction of sp³-hybridized carbons (Fsp3) is 0.382. The zero-order valence-corrected chi connectivity index (χ0v) is 24.0. The van der Waals surface area contributed by atoms with E-state index >= 15 is 0 Å². The summed E-state index contributed by atoms with van der Waals surface area (Å²) in [4.78, 5) is 28.6. The second kappa shape index (κ2) is 17.7. The molecule has 7 nitrogen and oxygen atoms in total. The lowest BCUT2D eigenvalue weighted by atomic mass is 9.92. The van der Waals surface area contributed by atoms with Crippen LogP contribution < -0.4 is 4.74 Å². The van der Waals surface area contributed by atoms with Crippen molar-refractivity contribution < 1.29 is 24.5 Å². The molecule has 0 spiro atoms. The van der Waals surface area contributed by atoms with Crippen molar-refractivity contribution in [2.75, 3.05) is 20.2 Å². The number of pyridine rings is 1. The Bertz CT molecular complexity index is 1230. The van der Waals surface area contributed by atoms with E-state index in [2.05, 4.69) is 35.1 Å². The Morgan fingerprint density at radius 3 is 2.46 bits per heavy atom. The molecule has 0 aliphatic carbocycles. The largest absolute Gasteiger partial charge is 0.493 e. The van der Waals surface area contributed by atoms with Crippen molar-refractivity contribution in [3.8, 4) is 5.75 Å². The lowest BCUT2D eigenvalue weighted by molar-refractivity contribution is -0.137. The van der Waals surface area contributed by atoms with Gasteiger partial charge >= 0.3 is 11.9 Å². The molecule has 0 radical (unpaired) electrons. The molecule has 0 amide bonds. The average molecular weight is 559 g/mol. The van der Waals surface area contributed by atoms with E-state index in [0.29, 0.717) is 13.0 Å². The molecule has 7 heteroatoms. The summed E-state index contributed by atoms with van der Waals surface area (Å²) in [6.45, 7) is 2.59. The smallest absolute Gasteiger partial charge is 0.335 e. The van der Waals surface area contributed by atoms with Gasteiger partial charge in [-0.05, 0) is 93.4 Å². The highest BCUT2D eigenvalue weighted by molar-refractivity contribution is 5.87. The van der Waals surface area contributed by atoms with Crippen molar-refractivity contribution in [3.63, 3.8) is 0 Å². The van der Waals surface area contributed by atoms with Crippen LogP contribution in [0.25, 0.3) is 6.08 Å². The molecule has 2 N–H and O–H groups in total. The van der Waals surface area contributed by atoms with E-state index in [0.717, 1.165) is 68.5 Å². The monoisotopic (exact) mass is 558 g/mol. The molecule has 0 aliphatic heterocycles. The van der Waals surface area contributed by atoms with Crippen molar-refractivity contribution in [3.05, 3.63) is 101 Å². The first-order valence-corrected chi connectivity index (χ1v) is 14.4. The first-order chi connectivity index (χ1) is 19.9. The Balaban J connectivity index is 1.50. The fourth-order valence-corrected chi connectivity index (χ4v) is 4.75. The van der Waals surface area contributed by atoms with Crippen LogP contribution in [0.5, 0.6) is 5.75 Å². The molecular formula is C34H42N2O5. The van der Waals surface area contributed by atoms with E-state index in [9.17, 15) is 14.7 Å². The van der Waals surface area contributed by atoms with Crippen molar-refractivity contribution in [1.29, 1.82) is 0 Å². The highest BCUT2D eigenvalue weighted by atomic mass is 16.5. The van der Waals surface area contributed by atoms with Gasteiger partial charge in [-0.3, -0.25) is 9.78 Å². The molecule has 1 atom stereocenters. The molecule has 41 heavy (non-hydrogen) atoms. The molecule has 1 aromatic heterocycles. The first-order valence-electron chi connectivity index (χ1n) is 14.4.